The van der Waals surface area contributed by atoms with Crippen molar-refractivity contribution < 1.29 is 14.3 Å². The number of carbonyl (C=O) groups excluding carboxylic acids is 2. The van der Waals surface area contributed by atoms with Gasteiger partial charge in [-0.15, -0.1) is 0 Å². The average Bonchev–Trinajstić information content (AvgIpc) is 2.68. The smallest absolute Gasteiger partial charge is 0.309 e. The van der Waals surface area contributed by atoms with Gasteiger partial charge in [0.05, 0.1) is 17.9 Å². The molecule has 2 atom stereocenters. The molecule has 0 spiro atoms. The minimum absolute atomic E-state index is 0.0178. The Morgan fingerprint density at radius 2 is 1.72 bits per heavy atom. The molecule has 5 heteroatoms. The number of piperidine rings is 1. The van der Waals surface area contributed by atoms with Gasteiger partial charge in [0.1, 0.15) is 6.10 Å². The molecule has 0 radical (unpaired) electrons. The number of hydrogen-bond donors (Lipinski definition) is 0. The van der Waals surface area contributed by atoms with Crippen molar-refractivity contribution in [2.75, 3.05) is 13.1 Å². The topological polar surface area (TPSA) is 70.4 Å². The summed E-state index contributed by atoms with van der Waals surface area (Å²) in [5, 5.41) is 9.20. The predicted molar refractivity (Wildman–Crippen MR) is 92.5 cm³/mol. The number of likely N-dealkylation sites (tertiary alicyclic amines) is 1. The molecule has 0 N–H and O–H groups in total. The summed E-state index contributed by atoms with van der Waals surface area (Å²) in [5.41, 5.74) is 0.683. The van der Waals surface area contributed by atoms with E-state index < -0.39 is 0 Å². The third-order valence-electron chi connectivity index (χ3n) is 5.27. The molecule has 0 aromatic heterocycles. The molecule has 2 aliphatic rings. The van der Waals surface area contributed by atoms with Crippen LogP contribution in [0.2, 0.25) is 0 Å². The quantitative estimate of drug-likeness (QED) is 0.793. The Morgan fingerprint density at radius 3 is 2.40 bits per heavy atom. The lowest BCUT2D eigenvalue weighted by atomic mass is 9.87. The fraction of sp³-hybridized carbons (Fsp3) is 0.550. The molecule has 3 rings (SSSR count). The summed E-state index contributed by atoms with van der Waals surface area (Å²) < 4.78 is 5.65. The Balaban J connectivity index is 1.51. The summed E-state index contributed by atoms with van der Waals surface area (Å²) in [6, 6.07) is 11.5. The number of amides is 1. The SMILES string of the molecule is N#C[C@H]1CCCC[C@@H]1OC(=O)C1CCN(C(=O)c2ccccc2)CC1. The molecule has 1 saturated carbocycles. The first kappa shape index (κ1) is 17.5. The summed E-state index contributed by atoms with van der Waals surface area (Å²) in [7, 11) is 0. The summed E-state index contributed by atoms with van der Waals surface area (Å²) in [5.74, 6) is -0.512. The van der Waals surface area contributed by atoms with Crippen LogP contribution in [0.3, 0.4) is 0 Å². The molecule has 0 unspecified atom stereocenters. The summed E-state index contributed by atoms with van der Waals surface area (Å²) >= 11 is 0. The Morgan fingerprint density at radius 1 is 1.04 bits per heavy atom. The van der Waals surface area contributed by atoms with Gasteiger partial charge >= 0.3 is 5.97 Å². The standard InChI is InChI=1S/C20H24N2O3/c21-14-17-8-4-5-9-18(17)25-20(24)16-10-12-22(13-11-16)19(23)15-6-2-1-3-7-15/h1-3,6-7,16-18H,4-5,8-13H2/t17-,18+/m1/s1. The molecule has 0 bridgehead atoms. The van der Waals surface area contributed by atoms with Crippen molar-refractivity contribution >= 4 is 11.9 Å². The van der Waals surface area contributed by atoms with Gasteiger partial charge in [0, 0.05) is 18.7 Å². The Kier molecular flexibility index (Phi) is 5.70. The van der Waals surface area contributed by atoms with Gasteiger partial charge in [0.2, 0.25) is 0 Å². The molecule has 5 nitrogen and oxygen atoms in total. The fourth-order valence-electron chi connectivity index (χ4n) is 3.71. The van der Waals surface area contributed by atoms with Crippen molar-refractivity contribution in [3.8, 4) is 6.07 Å². The van der Waals surface area contributed by atoms with Crippen LogP contribution in [-0.2, 0) is 9.53 Å². The van der Waals surface area contributed by atoms with Crippen LogP contribution in [0, 0.1) is 23.2 Å². The molecule has 132 valence electrons. The van der Waals surface area contributed by atoms with Crippen LogP contribution in [0.1, 0.15) is 48.9 Å². The predicted octanol–water partition coefficient (Wildman–Crippen LogP) is 3.16. The van der Waals surface area contributed by atoms with E-state index in [4.69, 9.17) is 4.74 Å². The van der Waals surface area contributed by atoms with E-state index in [-0.39, 0.29) is 29.8 Å². The van der Waals surface area contributed by atoms with E-state index in [0.29, 0.717) is 31.5 Å². The fourth-order valence-corrected chi connectivity index (χ4v) is 3.71. The Labute approximate surface area is 148 Å². The number of esters is 1. The average molecular weight is 340 g/mol. The summed E-state index contributed by atoms with van der Waals surface area (Å²) in [6.45, 7) is 1.14. The largest absolute Gasteiger partial charge is 0.461 e. The monoisotopic (exact) mass is 340 g/mol. The lowest BCUT2D eigenvalue weighted by Gasteiger charge is -2.33. The maximum atomic E-state index is 12.4. The van der Waals surface area contributed by atoms with Crippen LogP contribution < -0.4 is 0 Å². The van der Waals surface area contributed by atoms with Gasteiger partial charge in [-0.05, 0) is 44.2 Å². The summed E-state index contributed by atoms with van der Waals surface area (Å²) in [6.07, 6.45) is 4.65. The van der Waals surface area contributed by atoms with Crippen molar-refractivity contribution in [2.45, 2.75) is 44.6 Å². The molecule has 1 aromatic rings. The highest BCUT2D eigenvalue weighted by Crippen LogP contribution is 2.28. The van der Waals surface area contributed by atoms with Gasteiger partial charge in [-0.3, -0.25) is 9.59 Å². The minimum Gasteiger partial charge on any atom is -0.461 e. The highest BCUT2D eigenvalue weighted by Gasteiger charge is 2.33. The second-order valence-corrected chi connectivity index (χ2v) is 6.93. The van der Waals surface area contributed by atoms with E-state index in [0.717, 1.165) is 25.7 Å². The van der Waals surface area contributed by atoms with Gasteiger partial charge in [-0.1, -0.05) is 24.6 Å². The van der Waals surface area contributed by atoms with E-state index in [2.05, 4.69) is 6.07 Å². The molecule has 1 aromatic carbocycles. The van der Waals surface area contributed by atoms with E-state index in [1.165, 1.54) is 0 Å². The number of nitriles is 1. The zero-order valence-corrected chi connectivity index (χ0v) is 14.4. The van der Waals surface area contributed by atoms with Crippen molar-refractivity contribution in [3.63, 3.8) is 0 Å². The maximum Gasteiger partial charge on any atom is 0.309 e. The van der Waals surface area contributed by atoms with E-state index in [1.54, 1.807) is 4.90 Å². The maximum absolute atomic E-state index is 12.4. The zero-order chi connectivity index (χ0) is 17.6. The molecular formula is C20H24N2O3. The van der Waals surface area contributed by atoms with E-state index >= 15 is 0 Å². The molecular weight excluding hydrogens is 316 g/mol. The van der Waals surface area contributed by atoms with Crippen molar-refractivity contribution in [1.29, 1.82) is 5.26 Å². The van der Waals surface area contributed by atoms with Gasteiger partial charge < -0.3 is 9.64 Å². The molecule has 2 fully saturated rings. The lowest BCUT2D eigenvalue weighted by Crippen LogP contribution is -2.41. The van der Waals surface area contributed by atoms with Crippen molar-refractivity contribution in [3.05, 3.63) is 35.9 Å². The number of ether oxygens (including phenoxy) is 1. The third-order valence-corrected chi connectivity index (χ3v) is 5.27. The summed E-state index contributed by atoms with van der Waals surface area (Å²) in [4.78, 5) is 26.7. The zero-order valence-electron chi connectivity index (χ0n) is 14.4. The second kappa shape index (κ2) is 8.15. The van der Waals surface area contributed by atoms with Gasteiger partial charge in [0.15, 0.2) is 0 Å². The molecule has 1 saturated heterocycles. The Hall–Kier alpha value is -2.35. The number of benzene rings is 1. The molecule has 1 aliphatic heterocycles. The number of hydrogen-bond acceptors (Lipinski definition) is 4. The van der Waals surface area contributed by atoms with Gasteiger partial charge in [-0.25, -0.2) is 0 Å². The van der Waals surface area contributed by atoms with Crippen LogP contribution >= 0.6 is 0 Å². The first-order chi connectivity index (χ1) is 12.2. The van der Waals surface area contributed by atoms with Crippen LogP contribution in [0.4, 0.5) is 0 Å². The van der Waals surface area contributed by atoms with Gasteiger partial charge in [0.25, 0.3) is 5.91 Å². The lowest BCUT2D eigenvalue weighted by molar-refractivity contribution is -0.158. The normalized spacial score (nSPS) is 24.4. The molecule has 1 heterocycles. The van der Waals surface area contributed by atoms with Gasteiger partial charge in [-0.2, -0.15) is 5.26 Å². The van der Waals surface area contributed by atoms with E-state index in [9.17, 15) is 14.9 Å². The first-order valence-electron chi connectivity index (χ1n) is 9.13. The van der Waals surface area contributed by atoms with Crippen molar-refractivity contribution in [2.24, 2.45) is 11.8 Å². The van der Waals surface area contributed by atoms with Crippen LogP contribution in [-0.4, -0.2) is 36.0 Å². The highest BCUT2D eigenvalue weighted by molar-refractivity contribution is 5.94. The molecule has 1 aliphatic carbocycles. The highest BCUT2D eigenvalue weighted by atomic mass is 16.5. The first-order valence-corrected chi connectivity index (χ1v) is 9.13. The number of nitrogens with zero attached hydrogens (tertiary/aromatic N) is 2. The third kappa shape index (κ3) is 4.19. The van der Waals surface area contributed by atoms with Crippen LogP contribution in [0.5, 0.6) is 0 Å². The number of rotatable bonds is 3. The second-order valence-electron chi connectivity index (χ2n) is 6.93. The molecule has 1 amide bonds. The van der Waals surface area contributed by atoms with Crippen LogP contribution in [0.15, 0.2) is 30.3 Å². The minimum atomic E-state index is -0.254. The number of carbonyl (C=O) groups is 2. The van der Waals surface area contributed by atoms with Crippen molar-refractivity contribution in [1.82, 2.24) is 4.90 Å². The van der Waals surface area contributed by atoms with Crippen LogP contribution in [0.25, 0.3) is 0 Å². The van der Waals surface area contributed by atoms with E-state index in [1.807, 2.05) is 30.3 Å². The molecule has 25 heavy (non-hydrogen) atoms. The Bertz CT molecular complexity index is 645.